The van der Waals surface area contributed by atoms with Crippen molar-refractivity contribution in [2.75, 3.05) is 13.1 Å². The molecule has 0 saturated carbocycles. The lowest BCUT2D eigenvalue weighted by molar-refractivity contribution is 0.219. The number of benzene rings is 1. The molecule has 0 spiro atoms. The summed E-state index contributed by atoms with van der Waals surface area (Å²) in [5, 5.41) is 2.72. The van der Waals surface area contributed by atoms with Gasteiger partial charge in [-0.25, -0.2) is 22.5 Å². The van der Waals surface area contributed by atoms with E-state index in [1.807, 2.05) is 5.38 Å². The summed E-state index contributed by atoms with van der Waals surface area (Å²) in [7, 11) is -3.68. The summed E-state index contributed by atoms with van der Waals surface area (Å²) in [5.74, 6) is -0.416. The van der Waals surface area contributed by atoms with E-state index in [-0.39, 0.29) is 11.4 Å². The molecule has 1 aliphatic rings. The Bertz CT molecular complexity index is 830. The van der Waals surface area contributed by atoms with Crippen molar-refractivity contribution in [1.82, 2.24) is 14.6 Å². The van der Waals surface area contributed by atoms with Crippen LogP contribution < -0.4 is 4.72 Å². The SMILES string of the molecule is Cc1cc(S(=O)(=O)NCc2nc(CN3CCCCC3)cs2)ccc1F. The molecule has 5 nitrogen and oxygen atoms in total. The molecule has 0 bridgehead atoms. The number of rotatable bonds is 6. The molecule has 0 amide bonds. The Hall–Kier alpha value is -1.35. The molecule has 2 aromatic rings. The van der Waals surface area contributed by atoms with Gasteiger partial charge in [0.2, 0.25) is 10.0 Å². The number of thiazole rings is 1. The summed E-state index contributed by atoms with van der Waals surface area (Å²) >= 11 is 1.45. The number of hydrogen-bond donors (Lipinski definition) is 1. The molecular weight excluding hydrogens is 361 g/mol. The molecule has 1 aromatic heterocycles. The van der Waals surface area contributed by atoms with Crippen LogP contribution in [0.3, 0.4) is 0 Å². The first kappa shape index (κ1) is 18.4. The van der Waals surface area contributed by atoms with Gasteiger partial charge >= 0.3 is 0 Å². The smallest absolute Gasteiger partial charge is 0.240 e. The van der Waals surface area contributed by atoms with E-state index < -0.39 is 15.8 Å². The molecule has 0 atom stereocenters. The van der Waals surface area contributed by atoms with Crippen molar-refractivity contribution >= 4 is 21.4 Å². The third-order valence-electron chi connectivity index (χ3n) is 4.29. The van der Waals surface area contributed by atoms with Crippen LogP contribution in [0.1, 0.15) is 35.5 Å². The Labute approximate surface area is 151 Å². The fourth-order valence-electron chi connectivity index (χ4n) is 2.87. The Morgan fingerprint density at radius 3 is 2.76 bits per heavy atom. The zero-order valence-corrected chi connectivity index (χ0v) is 15.8. The van der Waals surface area contributed by atoms with E-state index in [9.17, 15) is 12.8 Å². The first-order valence-corrected chi connectivity index (χ1v) is 10.7. The number of hydrogen-bond acceptors (Lipinski definition) is 5. The number of nitrogens with one attached hydrogen (secondary N) is 1. The van der Waals surface area contributed by atoms with Gasteiger partial charge in [0.1, 0.15) is 10.8 Å². The van der Waals surface area contributed by atoms with E-state index in [1.165, 1.54) is 48.8 Å². The van der Waals surface area contributed by atoms with Gasteiger partial charge in [0.25, 0.3) is 0 Å². The fourth-order valence-corrected chi connectivity index (χ4v) is 4.76. The van der Waals surface area contributed by atoms with Crippen molar-refractivity contribution in [3.63, 3.8) is 0 Å². The summed E-state index contributed by atoms with van der Waals surface area (Å²) in [5.41, 5.74) is 1.29. The Balaban J connectivity index is 1.60. The number of halogens is 1. The monoisotopic (exact) mass is 383 g/mol. The van der Waals surface area contributed by atoms with Crippen LogP contribution in [0.5, 0.6) is 0 Å². The van der Waals surface area contributed by atoms with Crippen LogP contribution in [-0.2, 0) is 23.1 Å². The zero-order chi connectivity index (χ0) is 17.9. The van der Waals surface area contributed by atoms with E-state index in [1.54, 1.807) is 6.92 Å². The number of nitrogens with zero attached hydrogens (tertiary/aromatic N) is 2. The number of piperidine rings is 1. The third-order valence-corrected chi connectivity index (χ3v) is 6.58. The molecular formula is C17H22FN3O2S2. The van der Waals surface area contributed by atoms with Crippen LogP contribution in [0.4, 0.5) is 4.39 Å². The van der Waals surface area contributed by atoms with Crippen molar-refractivity contribution in [1.29, 1.82) is 0 Å². The van der Waals surface area contributed by atoms with Gasteiger partial charge in [-0.15, -0.1) is 11.3 Å². The Kier molecular flexibility index (Phi) is 5.83. The molecule has 1 N–H and O–H groups in total. The second-order valence-corrected chi connectivity index (χ2v) is 9.01. The van der Waals surface area contributed by atoms with Crippen LogP contribution >= 0.6 is 11.3 Å². The summed E-state index contributed by atoms with van der Waals surface area (Å²) in [4.78, 5) is 6.97. The second kappa shape index (κ2) is 7.90. The van der Waals surface area contributed by atoms with Gasteiger partial charge in [0, 0.05) is 11.9 Å². The van der Waals surface area contributed by atoms with Crippen molar-refractivity contribution in [2.45, 2.75) is 44.2 Å². The van der Waals surface area contributed by atoms with E-state index in [4.69, 9.17) is 0 Å². The van der Waals surface area contributed by atoms with Crippen LogP contribution in [-0.4, -0.2) is 31.4 Å². The maximum absolute atomic E-state index is 13.3. The lowest BCUT2D eigenvalue weighted by atomic mass is 10.1. The van der Waals surface area contributed by atoms with E-state index >= 15 is 0 Å². The van der Waals surface area contributed by atoms with Crippen molar-refractivity contribution in [2.24, 2.45) is 0 Å². The quantitative estimate of drug-likeness (QED) is 0.833. The summed E-state index contributed by atoms with van der Waals surface area (Å²) in [6, 6.07) is 3.78. The fraction of sp³-hybridized carbons (Fsp3) is 0.471. The molecule has 0 unspecified atom stereocenters. The molecule has 25 heavy (non-hydrogen) atoms. The van der Waals surface area contributed by atoms with Crippen LogP contribution in [0, 0.1) is 12.7 Å². The van der Waals surface area contributed by atoms with Crippen molar-refractivity contribution in [3.8, 4) is 0 Å². The topological polar surface area (TPSA) is 62.3 Å². The standard InChI is InChI=1S/C17H22FN3O2S2/c1-13-9-15(5-6-16(13)18)25(22,23)19-10-17-20-14(12-24-17)11-21-7-3-2-4-8-21/h5-6,9,12,19H,2-4,7-8,10-11H2,1H3. The van der Waals surface area contributed by atoms with Gasteiger partial charge in [0.15, 0.2) is 0 Å². The highest BCUT2D eigenvalue weighted by molar-refractivity contribution is 7.89. The van der Waals surface area contributed by atoms with Crippen molar-refractivity contribution < 1.29 is 12.8 Å². The Morgan fingerprint density at radius 1 is 1.28 bits per heavy atom. The van der Waals surface area contributed by atoms with Crippen LogP contribution in [0.25, 0.3) is 0 Å². The summed E-state index contributed by atoms with van der Waals surface area (Å²) in [6.07, 6.45) is 3.76. The number of aromatic nitrogens is 1. The molecule has 2 heterocycles. The lowest BCUT2D eigenvalue weighted by Gasteiger charge is -2.25. The Morgan fingerprint density at radius 2 is 2.04 bits per heavy atom. The molecule has 1 fully saturated rings. The predicted octanol–water partition coefficient (Wildman–Crippen LogP) is 3.06. The molecule has 1 aromatic carbocycles. The van der Waals surface area contributed by atoms with E-state index in [2.05, 4.69) is 14.6 Å². The summed E-state index contributed by atoms with van der Waals surface area (Å²) < 4.78 is 40.5. The molecule has 8 heteroatoms. The minimum Gasteiger partial charge on any atom is -0.297 e. The second-order valence-electron chi connectivity index (χ2n) is 6.30. The summed E-state index contributed by atoms with van der Waals surface area (Å²) in [6.45, 7) is 4.71. The van der Waals surface area contributed by atoms with Gasteiger partial charge in [-0.2, -0.15) is 0 Å². The first-order valence-electron chi connectivity index (χ1n) is 8.35. The van der Waals surface area contributed by atoms with E-state index in [0.717, 1.165) is 30.3 Å². The number of sulfonamides is 1. The highest BCUT2D eigenvalue weighted by Gasteiger charge is 2.17. The van der Waals surface area contributed by atoms with Crippen LogP contribution in [0.2, 0.25) is 0 Å². The number of aryl methyl sites for hydroxylation is 1. The van der Waals surface area contributed by atoms with Crippen molar-refractivity contribution in [3.05, 3.63) is 45.7 Å². The minimum absolute atomic E-state index is 0.0662. The average Bonchev–Trinajstić information content (AvgIpc) is 3.04. The highest BCUT2D eigenvalue weighted by atomic mass is 32.2. The van der Waals surface area contributed by atoms with Gasteiger partial charge in [-0.1, -0.05) is 6.42 Å². The molecule has 1 saturated heterocycles. The van der Waals surface area contributed by atoms with Gasteiger partial charge < -0.3 is 0 Å². The number of likely N-dealkylation sites (tertiary alicyclic amines) is 1. The lowest BCUT2D eigenvalue weighted by Crippen LogP contribution is -2.29. The third kappa shape index (κ3) is 4.84. The maximum Gasteiger partial charge on any atom is 0.240 e. The average molecular weight is 384 g/mol. The van der Waals surface area contributed by atoms with E-state index in [0.29, 0.717) is 5.56 Å². The zero-order valence-electron chi connectivity index (χ0n) is 14.2. The molecule has 3 rings (SSSR count). The molecule has 0 aliphatic carbocycles. The highest BCUT2D eigenvalue weighted by Crippen LogP contribution is 2.17. The minimum atomic E-state index is -3.68. The predicted molar refractivity (Wildman–Crippen MR) is 96.4 cm³/mol. The molecule has 136 valence electrons. The normalized spacial score (nSPS) is 16.2. The van der Waals surface area contributed by atoms with Gasteiger partial charge in [-0.3, -0.25) is 4.90 Å². The first-order chi connectivity index (χ1) is 11.9. The van der Waals surface area contributed by atoms with Crippen LogP contribution in [0.15, 0.2) is 28.5 Å². The molecule has 0 radical (unpaired) electrons. The van der Waals surface area contributed by atoms with Gasteiger partial charge in [0.05, 0.1) is 17.1 Å². The van der Waals surface area contributed by atoms with Gasteiger partial charge in [-0.05, 0) is 56.6 Å². The molecule has 1 aliphatic heterocycles. The largest absolute Gasteiger partial charge is 0.297 e. The maximum atomic E-state index is 13.3.